The molecule has 2 aromatic rings. The first-order chi connectivity index (χ1) is 10.5. The van der Waals surface area contributed by atoms with Crippen molar-refractivity contribution in [2.45, 2.75) is 20.3 Å². The lowest BCUT2D eigenvalue weighted by atomic mass is 10.2. The molecule has 0 fully saturated rings. The van der Waals surface area contributed by atoms with Crippen molar-refractivity contribution in [1.82, 2.24) is 9.78 Å². The maximum absolute atomic E-state index is 11.2. The predicted molar refractivity (Wildman–Crippen MR) is 84.4 cm³/mol. The van der Waals surface area contributed by atoms with Crippen LogP contribution in [0.25, 0.3) is 0 Å². The maximum atomic E-state index is 11.2. The summed E-state index contributed by atoms with van der Waals surface area (Å²) in [7, 11) is 1.69. The van der Waals surface area contributed by atoms with Crippen LogP contribution >= 0.6 is 0 Å². The molecule has 0 unspecified atom stereocenters. The van der Waals surface area contributed by atoms with Crippen LogP contribution < -0.4 is 10.1 Å². The highest BCUT2D eigenvalue weighted by Crippen LogP contribution is 2.28. The zero-order valence-corrected chi connectivity index (χ0v) is 13.0. The van der Waals surface area contributed by atoms with Crippen LogP contribution in [0.2, 0.25) is 0 Å². The smallest absolute Gasteiger partial charge is 0.333 e. The van der Waals surface area contributed by atoms with Gasteiger partial charge in [0.1, 0.15) is 18.1 Å². The van der Waals surface area contributed by atoms with Crippen molar-refractivity contribution in [3.8, 4) is 5.75 Å². The van der Waals surface area contributed by atoms with E-state index in [0.29, 0.717) is 31.1 Å². The van der Waals surface area contributed by atoms with Crippen LogP contribution in [0.15, 0.2) is 24.3 Å². The number of benzene rings is 1. The number of ether oxygens (including phenoxy) is 1. The first-order valence-corrected chi connectivity index (χ1v) is 7.16. The molecule has 1 N–H and O–H groups in total. The predicted octanol–water partition coefficient (Wildman–Crippen LogP) is 2.69. The average Bonchev–Trinajstić information content (AvgIpc) is 2.82. The Kier molecular flexibility index (Phi) is 4.98. The molecule has 1 heterocycles. The number of aromatic nitrogens is 2. The summed E-state index contributed by atoms with van der Waals surface area (Å²) in [5.74, 6) is 1.19. The maximum Gasteiger partial charge on any atom is 0.333 e. The van der Waals surface area contributed by atoms with E-state index >= 15 is 0 Å². The van der Waals surface area contributed by atoms with Gasteiger partial charge in [-0.2, -0.15) is 5.10 Å². The molecular formula is C15H20N4O3. The summed E-state index contributed by atoms with van der Waals surface area (Å²) in [5.41, 5.74) is 1.69. The van der Waals surface area contributed by atoms with Gasteiger partial charge in [0, 0.05) is 7.05 Å². The van der Waals surface area contributed by atoms with Gasteiger partial charge in [0.05, 0.1) is 11.5 Å². The van der Waals surface area contributed by atoms with Crippen LogP contribution in [0.5, 0.6) is 5.75 Å². The van der Waals surface area contributed by atoms with E-state index in [-0.39, 0.29) is 5.69 Å². The van der Waals surface area contributed by atoms with Gasteiger partial charge in [-0.25, -0.2) is 4.68 Å². The molecular weight excluding hydrogens is 284 g/mol. The molecule has 0 saturated carbocycles. The van der Waals surface area contributed by atoms with E-state index in [9.17, 15) is 10.1 Å². The summed E-state index contributed by atoms with van der Waals surface area (Å²) in [6, 6.07) is 7.75. The van der Waals surface area contributed by atoms with Crippen molar-refractivity contribution in [1.29, 1.82) is 0 Å². The van der Waals surface area contributed by atoms with E-state index in [1.807, 2.05) is 38.1 Å². The fraction of sp³-hybridized carbons (Fsp3) is 0.400. The van der Waals surface area contributed by atoms with Crippen molar-refractivity contribution >= 4 is 11.5 Å². The minimum atomic E-state index is -0.394. The number of nitro groups is 1. The second kappa shape index (κ2) is 6.93. The molecule has 0 saturated heterocycles. The van der Waals surface area contributed by atoms with E-state index in [1.54, 1.807) is 7.05 Å². The molecule has 7 heteroatoms. The second-order valence-corrected chi connectivity index (χ2v) is 4.97. The zero-order valence-electron chi connectivity index (χ0n) is 13.0. The minimum absolute atomic E-state index is 0.0420. The fourth-order valence-electron chi connectivity index (χ4n) is 2.17. The normalized spacial score (nSPS) is 10.5. The minimum Gasteiger partial charge on any atom is -0.492 e. The van der Waals surface area contributed by atoms with Gasteiger partial charge in [-0.05, 0) is 25.5 Å². The summed E-state index contributed by atoms with van der Waals surface area (Å²) in [5, 5.41) is 18.4. The largest absolute Gasteiger partial charge is 0.492 e. The molecule has 0 bridgehead atoms. The van der Waals surface area contributed by atoms with Crippen molar-refractivity contribution in [3.63, 3.8) is 0 Å². The number of hydrogen-bond acceptors (Lipinski definition) is 5. The number of aryl methyl sites for hydroxylation is 3. The monoisotopic (exact) mass is 304 g/mol. The van der Waals surface area contributed by atoms with E-state index in [2.05, 4.69) is 10.4 Å². The molecule has 0 radical (unpaired) electrons. The van der Waals surface area contributed by atoms with Crippen molar-refractivity contribution in [2.75, 3.05) is 18.5 Å². The highest BCUT2D eigenvalue weighted by molar-refractivity contribution is 5.59. The van der Waals surface area contributed by atoms with Crippen molar-refractivity contribution in [2.24, 2.45) is 7.05 Å². The molecule has 22 heavy (non-hydrogen) atoms. The van der Waals surface area contributed by atoms with Gasteiger partial charge in [0.2, 0.25) is 5.82 Å². The van der Waals surface area contributed by atoms with Crippen LogP contribution in [0.4, 0.5) is 11.5 Å². The molecule has 1 aromatic heterocycles. The average molecular weight is 304 g/mol. The topological polar surface area (TPSA) is 82.2 Å². The third-order valence-electron chi connectivity index (χ3n) is 3.29. The van der Waals surface area contributed by atoms with Crippen LogP contribution in [-0.4, -0.2) is 27.9 Å². The van der Waals surface area contributed by atoms with Crippen LogP contribution in [-0.2, 0) is 13.5 Å². The van der Waals surface area contributed by atoms with Gasteiger partial charge in [0.15, 0.2) is 0 Å². The second-order valence-electron chi connectivity index (χ2n) is 4.97. The third kappa shape index (κ3) is 3.55. The van der Waals surface area contributed by atoms with Gasteiger partial charge in [-0.3, -0.25) is 10.1 Å². The Morgan fingerprint density at radius 3 is 2.64 bits per heavy atom. The molecule has 0 aliphatic carbocycles. The molecule has 7 nitrogen and oxygen atoms in total. The van der Waals surface area contributed by atoms with Gasteiger partial charge >= 0.3 is 5.69 Å². The van der Waals surface area contributed by atoms with Gasteiger partial charge < -0.3 is 10.1 Å². The Hall–Kier alpha value is -2.57. The molecule has 2 rings (SSSR count). The van der Waals surface area contributed by atoms with E-state index in [4.69, 9.17) is 4.74 Å². The Labute approximate surface area is 129 Å². The molecule has 0 atom stereocenters. The van der Waals surface area contributed by atoms with Crippen molar-refractivity contribution < 1.29 is 9.66 Å². The molecule has 0 aliphatic rings. The summed E-state index contributed by atoms with van der Waals surface area (Å²) >= 11 is 0. The molecule has 1 aromatic carbocycles. The number of nitrogens with one attached hydrogen (secondary N) is 1. The zero-order chi connectivity index (χ0) is 16.1. The van der Waals surface area contributed by atoms with Crippen LogP contribution in [0.1, 0.15) is 18.2 Å². The Morgan fingerprint density at radius 2 is 2.05 bits per heavy atom. The third-order valence-corrected chi connectivity index (χ3v) is 3.29. The number of anilines is 1. The fourth-order valence-corrected chi connectivity index (χ4v) is 2.17. The quantitative estimate of drug-likeness (QED) is 0.483. The van der Waals surface area contributed by atoms with Gasteiger partial charge in [0.25, 0.3) is 0 Å². The van der Waals surface area contributed by atoms with Crippen molar-refractivity contribution in [3.05, 3.63) is 45.6 Å². The number of nitrogens with zero attached hydrogens (tertiary/aromatic N) is 3. The van der Waals surface area contributed by atoms with Gasteiger partial charge in [-0.15, -0.1) is 0 Å². The standard InChI is InChI=1S/C15H20N4O3/c1-4-13-14(19(20)21)15(18(3)17-13)16-9-10-22-12-7-5-11(2)6-8-12/h5-8,16H,4,9-10H2,1-3H3. The molecule has 0 spiro atoms. The summed E-state index contributed by atoms with van der Waals surface area (Å²) < 4.78 is 7.10. The Morgan fingerprint density at radius 1 is 1.36 bits per heavy atom. The first kappa shape index (κ1) is 15.8. The lowest BCUT2D eigenvalue weighted by Crippen LogP contribution is -2.14. The SMILES string of the molecule is CCc1nn(C)c(NCCOc2ccc(C)cc2)c1[N+](=O)[O-]. The summed E-state index contributed by atoms with van der Waals surface area (Å²) in [6.07, 6.45) is 0.520. The Balaban J connectivity index is 1.95. The lowest BCUT2D eigenvalue weighted by Gasteiger charge is -2.08. The van der Waals surface area contributed by atoms with Crippen LogP contribution in [0.3, 0.4) is 0 Å². The summed E-state index contributed by atoms with van der Waals surface area (Å²) in [4.78, 5) is 10.8. The van der Waals surface area contributed by atoms with E-state index < -0.39 is 4.92 Å². The highest BCUT2D eigenvalue weighted by Gasteiger charge is 2.25. The number of rotatable bonds is 7. The molecule has 118 valence electrons. The van der Waals surface area contributed by atoms with E-state index in [0.717, 1.165) is 5.75 Å². The number of hydrogen-bond donors (Lipinski definition) is 1. The molecule has 0 aliphatic heterocycles. The molecule has 0 amide bonds. The summed E-state index contributed by atoms with van der Waals surface area (Å²) in [6.45, 7) is 4.72. The Bertz CT molecular complexity index is 650. The highest BCUT2D eigenvalue weighted by atomic mass is 16.6. The van der Waals surface area contributed by atoms with E-state index in [1.165, 1.54) is 10.2 Å². The first-order valence-electron chi connectivity index (χ1n) is 7.16. The lowest BCUT2D eigenvalue weighted by molar-refractivity contribution is -0.384. The van der Waals surface area contributed by atoms with Gasteiger partial charge in [-0.1, -0.05) is 24.6 Å². The van der Waals surface area contributed by atoms with Crippen LogP contribution in [0, 0.1) is 17.0 Å².